The van der Waals surface area contributed by atoms with Gasteiger partial charge in [0.1, 0.15) is 19.0 Å². The SMILES string of the molecule is CC(C)C(NC(=O)CSc1n[nH]c(C2CC2)n1)c1ccc2c(c1)OCCO2. The molecule has 1 saturated carbocycles. The van der Waals surface area contributed by atoms with Crippen LogP contribution in [0.5, 0.6) is 11.5 Å². The van der Waals surface area contributed by atoms with Crippen molar-refractivity contribution in [1.29, 1.82) is 0 Å². The lowest BCUT2D eigenvalue weighted by Gasteiger charge is -2.25. The highest BCUT2D eigenvalue weighted by Crippen LogP contribution is 2.38. The van der Waals surface area contributed by atoms with Gasteiger partial charge in [0.2, 0.25) is 11.1 Å². The maximum Gasteiger partial charge on any atom is 0.230 e. The Morgan fingerprint density at radius 1 is 1.30 bits per heavy atom. The Morgan fingerprint density at radius 2 is 2.07 bits per heavy atom. The molecule has 1 aliphatic carbocycles. The third-order valence-electron chi connectivity index (χ3n) is 4.69. The third kappa shape index (κ3) is 4.37. The quantitative estimate of drug-likeness (QED) is 0.709. The molecule has 2 heterocycles. The molecule has 8 heteroatoms. The van der Waals surface area contributed by atoms with Crippen LogP contribution in [0.1, 0.15) is 50.0 Å². The number of carbonyl (C=O) groups excluding carboxylic acids is 1. The Hall–Kier alpha value is -2.22. The molecule has 2 aromatic rings. The molecule has 1 unspecified atom stereocenters. The number of hydrogen-bond donors (Lipinski definition) is 2. The van der Waals surface area contributed by atoms with Gasteiger partial charge >= 0.3 is 0 Å². The lowest BCUT2D eigenvalue weighted by molar-refractivity contribution is -0.119. The number of rotatable bonds is 7. The smallest absolute Gasteiger partial charge is 0.230 e. The molecule has 1 amide bonds. The van der Waals surface area contributed by atoms with Crippen LogP contribution < -0.4 is 14.8 Å². The van der Waals surface area contributed by atoms with Gasteiger partial charge in [-0.2, -0.15) is 0 Å². The first kappa shape index (κ1) is 18.2. The Kier molecular flexibility index (Phi) is 5.24. The summed E-state index contributed by atoms with van der Waals surface area (Å²) in [5, 5.41) is 10.9. The van der Waals surface area contributed by atoms with E-state index in [1.54, 1.807) is 0 Å². The van der Waals surface area contributed by atoms with Crippen molar-refractivity contribution in [3.63, 3.8) is 0 Å². The van der Waals surface area contributed by atoms with E-state index in [9.17, 15) is 4.79 Å². The second kappa shape index (κ2) is 7.80. The summed E-state index contributed by atoms with van der Waals surface area (Å²) in [6.45, 7) is 5.29. The van der Waals surface area contributed by atoms with Gasteiger partial charge in [0.05, 0.1) is 11.8 Å². The van der Waals surface area contributed by atoms with Gasteiger partial charge in [-0.1, -0.05) is 31.7 Å². The number of H-pyrrole nitrogens is 1. The molecule has 1 aromatic carbocycles. The minimum absolute atomic E-state index is 0.0358. The molecule has 0 spiro atoms. The fourth-order valence-electron chi connectivity index (χ4n) is 3.10. The van der Waals surface area contributed by atoms with Crippen LogP contribution in [0.4, 0.5) is 0 Å². The highest BCUT2D eigenvalue weighted by Gasteiger charge is 2.27. The molecular weight excluding hydrogens is 364 g/mol. The molecule has 1 aliphatic heterocycles. The number of amides is 1. The minimum Gasteiger partial charge on any atom is -0.486 e. The zero-order chi connectivity index (χ0) is 18.8. The first-order valence-electron chi connectivity index (χ1n) is 9.34. The summed E-state index contributed by atoms with van der Waals surface area (Å²) in [5.41, 5.74) is 1.02. The van der Waals surface area contributed by atoms with Crippen molar-refractivity contribution in [3.05, 3.63) is 29.6 Å². The third-order valence-corrected chi connectivity index (χ3v) is 5.53. The number of ether oxygens (including phenoxy) is 2. The molecule has 2 aliphatic rings. The van der Waals surface area contributed by atoms with Crippen LogP contribution in [0.2, 0.25) is 0 Å². The number of benzene rings is 1. The molecule has 2 N–H and O–H groups in total. The van der Waals surface area contributed by atoms with E-state index in [-0.39, 0.29) is 23.6 Å². The fourth-order valence-corrected chi connectivity index (χ4v) is 3.71. The summed E-state index contributed by atoms with van der Waals surface area (Å²) >= 11 is 1.36. The van der Waals surface area contributed by atoms with Crippen molar-refractivity contribution in [2.75, 3.05) is 19.0 Å². The van der Waals surface area contributed by atoms with Crippen molar-refractivity contribution in [1.82, 2.24) is 20.5 Å². The second-order valence-corrected chi connectivity index (χ2v) is 8.20. The Labute approximate surface area is 162 Å². The molecule has 1 atom stereocenters. The molecule has 0 bridgehead atoms. The van der Waals surface area contributed by atoms with Crippen LogP contribution in [-0.4, -0.2) is 40.1 Å². The number of nitrogens with one attached hydrogen (secondary N) is 2. The topological polar surface area (TPSA) is 89.1 Å². The van der Waals surface area contributed by atoms with E-state index in [4.69, 9.17) is 9.47 Å². The Balaban J connectivity index is 1.37. The molecule has 27 heavy (non-hydrogen) atoms. The maximum absolute atomic E-state index is 12.5. The Morgan fingerprint density at radius 3 is 2.81 bits per heavy atom. The van der Waals surface area contributed by atoms with Gasteiger partial charge in [-0.05, 0) is 36.5 Å². The van der Waals surface area contributed by atoms with Crippen LogP contribution in [0, 0.1) is 5.92 Å². The van der Waals surface area contributed by atoms with Crippen LogP contribution in [-0.2, 0) is 4.79 Å². The van der Waals surface area contributed by atoms with E-state index < -0.39 is 0 Å². The van der Waals surface area contributed by atoms with Crippen LogP contribution in [0.3, 0.4) is 0 Å². The number of fused-ring (bicyclic) bond motifs is 1. The molecule has 0 radical (unpaired) electrons. The highest BCUT2D eigenvalue weighted by molar-refractivity contribution is 7.99. The monoisotopic (exact) mass is 388 g/mol. The van der Waals surface area contributed by atoms with Crippen molar-refractivity contribution in [3.8, 4) is 11.5 Å². The van der Waals surface area contributed by atoms with E-state index in [0.29, 0.717) is 24.3 Å². The van der Waals surface area contributed by atoms with Gasteiger partial charge < -0.3 is 14.8 Å². The van der Waals surface area contributed by atoms with E-state index in [1.807, 2.05) is 18.2 Å². The lowest BCUT2D eigenvalue weighted by atomic mass is 9.95. The average molecular weight is 388 g/mol. The largest absolute Gasteiger partial charge is 0.486 e. The van der Waals surface area contributed by atoms with Gasteiger partial charge in [0, 0.05) is 5.92 Å². The normalized spacial score (nSPS) is 17.0. The summed E-state index contributed by atoms with van der Waals surface area (Å²) in [6.07, 6.45) is 2.34. The fraction of sp³-hybridized carbons (Fsp3) is 0.526. The summed E-state index contributed by atoms with van der Waals surface area (Å²) in [4.78, 5) is 16.9. The predicted molar refractivity (Wildman–Crippen MR) is 102 cm³/mol. The van der Waals surface area contributed by atoms with Crippen LogP contribution in [0.15, 0.2) is 23.4 Å². The van der Waals surface area contributed by atoms with Crippen molar-refractivity contribution < 1.29 is 14.3 Å². The number of nitrogens with zero attached hydrogens (tertiary/aromatic N) is 2. The van der Waals surface area contributed by atoms with Gasteiger partial charge in [-0.25, -0.2) is 4.98 Å². The number of hydrogen-bond acceptors (Lipinski definition) is 6. The van der Waals surface area contributed by atoms with Crippen LogP contribution >= 0.6 is 11.8 Å². The first-order chi connectivity index (χ1) is 13.1. The molecule has 144 valence electrons. The minimum atomic E-state index is -0.0944. The highest BCUT2D eigenvalue weighted by atomic mass is 32.2. The van der Waals surface area contributed by atoms with Gasteiger partial charge in [0.25, 0.3) is 0 Å². The summed E-state index contributed by atoms with van der Waals surface area (Å²) < 4.78 is 11.2. The second-order valence-electron chi connectivity index (χ2n) is 7.26. The number of thioether (sulfide) groups is 1. The van der Waals surface area contributed by atoms with E-state index in [2.05, 4.69) is 34.3 Å². The van der Waals surface area contributed by atoms with Crippen LogP contribution in [0.25, 0.3) is 0 Å². The van der Waals surface area contributed by atoms with Crippen molar-refractivity contribution in [2.24, 2.45) is 5.92 Å². The maximum atomic E-state index is 12.5. The molecule has 7 nitrogen and oxygen atoms in total. The molecule has 1 aromatic heterocycles. The summed E-state index contributed by atoms with van der Waals surface area (Å²) in [6, 6.07) is 5.77. The van der Waals surface area contributed by atoms with E-state index in [1.165, 1.54) is 24.6 Å². The molecule has 0 saturated heterocycles. The standard InChI is InChI=1S/C19H24N4O3S/c1-11(2)17(13-5-6-14-15(9-13)26-8-7-25-14)20-16(24)10-27-19-21-18(22-23-19)12-3-4-12/h5-6,9,11-12,17H,3-4,7-8,10H2,1-2H3,(H,20,24)(H,21,22,23). The van der Waals surface area contributed by atoms with Gasteiger partial charge in [-0.3, -0.25) is 9.89 Å². The van der Waals surface area contributed by atoms with E-state index in [0.717, 1.165) is 22.9 Å². The lowest BCUT2D eigenvalue weighted by Crippen LogP contribution is -2.33. The summed E-state index contributed by atoms with van der Waals surface area (Å²) in [7, 11) is 0. The number of carbonyl (C=O) groups is 1. The zero-order valence-electron chi connectivity index (χ0n) is 15.5. The molecule has 4 rings (SSSR count). The van der Waals surface area contributed by atoms with Crippen molar-refractivity contribution in [2.45, 2.75) is 43.8 Å². The number of aromatic amines is 1. The van der Waals surface area contributed by atoms with Gasteiger partial charge in [0.15, 0.2) is 11.5 Å². The predicted octanol–water partition coefficient (Wildman–Crippen LogP) is 3.06. The van der Waals surface area contributed by atoms with Gasteiger partial charge in [-0.15, -0.1) is 5.10 Å². The first-order valence-corrected chi connectivity index (χ1v) is 10.3. The Bertz CT molecular complexity index is 819. The zero-order valence-corrected chi connectivity index (χ0v) is 16.3. The van der Waals surface area contributed by atoms with E-state index >= 15 is 0 Å². The molecular formula is C19H24N4O3S. The summed E-state index contributed by atoms with van der Waals surface area (Å²) in [5.74, 6) is 3.45. The number of aromatic nitrogens is 3. The molecule has 1 fully saturated rings. The average Bonchev–Trinajstić information content (AvgIpc) is 3.42. The van der Waals surface area contributed by atoms with Crippen molar-refractivity contribution >= 4 is 17.7 Å².